The predicted octanol–water partition coefficient (Wildman–Crippen LogP) is 3.25. The molecule has 0 unspecified atom stereocenters. The van der Waals surface area contributed by atoms with Gasteiger partial charge in [0.2, 0.25) is 5.88 Å². The van der Waals surface area contributed by atoms with Crippen LogP contribution in [0.2, 0.25) is 0 Å². The third kappa shape index (κ3) is 8.88. The van der Waals surface area contributed by atoms with Gasteiger partial charge in [-0.15, -0.1) is 24.0 Å². The number of nitrogens with one attached hydrogen (secondary N) is 2. The van der Waals surface area contributed by atoms with Crippen molar-refractivity contribution in [3.05, 3.63) is 58.8 Å². The third-order valence-corrected chi connectivity index (χ3v) is 4.01. The van der Waals surface area contributed by atoms with Crippen molar-refractivity contribution in [2.75, 3.05) is 33.9 Å². The van der Waals surface area contributed by atoms with Crippen LogP contribution in [-0.4, -0.2) is 44.9 Å². The Morgan fingerprint density at radius 3 is 2.39 bits per heavy atom. The first-order chi connectivity index (χ1) is 13.1. The summed E-state index contributed by atoms with van der Waals surface area (Å²) in [5.41, 5.74) is 5.00. The van der Waals surface area contributed by atoms with Gasteiger partial charge in [0.25, 0.3) is 0 Å². The average molecular weight is 498 g/mol. The highest BCUT2D eigenvalue weighted by molar-refractivity contribution is 14.0. The topological polar surface area (TPSA) is 67.8 Å². The van der Waals surface area contributed by atoms with Crippen molar-refractivity contribution in [3.63, 3.8) is 0 Å². The Balaban J connectivity index is 0.00000392. The number of ether oxygens (including phenoxy) is 2. The standard InChI is InChI=1S/C21H30N4O2.HI/c1-16-11-17(2)13-18(12-16)7-8-23-21(22-3)25-15-19-5-6-20(24-14-19)27-10-9-26-4;/h5-6,11-14H,7-10,15H2,1-4H3,(H2,22,23,25);1H. The van der Waals surface area contributed by atoms with Crippen LogP contribution in [0.1, 0.15) is 22.3 Å². The smallest absolute Gasteiger partial charge is 0.213 e. The Bertz CT molecular complexity index is 715. The van der Waals surface area contributed by atoms with E-state index < -0.39 is 0 Å². The first-order valence-corrected chi connectivity index (χ1v) is 9.19. The summed E-state index contributed by atoms with van der Waals surface area (Å²) in [6.07, 6.45) is 2.76. The van der Waals surface area contributed by atoms with E-state index in [1.807, 2.05) is 12.1 Å². The average Bonchev–Trinajstić information content (AvgIpc) is 2.65. The Morgan fingerprint density at radius 2 is 1.79 bits per heavy atom. The lowest BCUT2D eigenvalue weighted by Crippen LogP contribution is -2.37. The highest BCUT2D eigenvalue weighted by atomic mass is 127. The minimum absolute atomic E-state index is 0. The fourth-order valence-corrected chi connectivity index (χ4v) is 2.78. The number of rotatable bonds is 9. The van der Waals surface area contributed by atoms with Gasteiger partial charge in [-0.2, -0.15) is 0 Å². The maximum absolute atomic E-state index is 5.47. The summed E-state index contributed by atoms with van der Waals surface area (Å²) in [5.74, 6) is 1.38. The molecule has 0 saturated carbocycles. The maximum atomic E-state index is 5.47. The van der Waals surface area contributed by atoms with Crippen LogP contribution in [0.5, 0.6) is 5.88 Å². The van der Waals surface area contributed by atoms with Gasteiger partial charge in [0.1, 0.15) is 6.61 Å². The highest BCUT2D eigenvalue weighted by Gasteiger charge is 2.01. The number of benzene rings is 1. The summed E-state index contributed by atoms with van der Waals surface area (Å²) >= 11 is 0. The number of hydrogen-bond acceptors (Lipinski definition) is 4. The fourth-order valence-electron chi connectivity index (χ4n) is 2.78. The molecule has 0 aliphatic carbocycles. The van der Waals surface area contributed by atoms with E-state index in [9.17, 15) is 0 Å². The number of aryl methyl sites for hydroxylation is 2. The second kappa shape index (κ2) is 13.3. The summed E-state index contributed by atoms with van der Waals surface area (Å²) in [7, 11) is 3.42. The SMILES string of the molecule is CN=C(NCCc1cc(C)cc(C)c1)NCc1ccc(OCCOC)nc1.I. The summed E-state index contributed by atoms with van der Waals surface area (Å²) in [4.78, 5) is 8.57. The first kappa shape index (κ1) is 24.2. The van der Waals surface area contributed by atoms with E-state index in [0.29, 0.717) is 25.6 Å². The van der Waals surface area contributed by atoms with E-state index in [1.165, 1.54) is 16.7 Å². The van der Waals surface area contributed by atoms with Gasteiger partial charge in [0.05, 0.1) is 6.61 Å². The second-order valence-corrected chi connectivity index (χ2v) is 6.44. The lowest BCUT2D eigenvalue weighted by molar-refractivity contribution is 0.143. The highest BCUT2D eigenvalue weighted by Crippen LogP contribution is 2.09. The quantitative estimate of drug-likeness (QED) is 0.241. The van der Waals surface area contributed by atoms with Crippen LogP contribution < -0.4 is 15.4 Å². The van der Waals surface area contributed by atoms with Crippen molar-refractivity contribution in [3.8, 4) is 5.88 Å². The monoisotopic (exact) mass is 498 g/mol. The molecule has 0 fully saturated rings. The Morgan fingerprint density at radius 1 is 1.04 bits per heavy atom. The van der Waals surface area contributed by atoms with Crippen molar-refractivity contribution < 1.29 is 9.47 Å². The number of hydrogen-bond donors (Lipinski definition) is 2. The summed E-state index contributed by atoms with van der Waals surface area (Å²) in [6.45, 7) is 6.79. The van der Waals surface area contributed by atoms with Gasteiger partial charge >= 0.3 is 0 Å². The van der Waals surface area contributed by atoms with Gasteiger partial charge in [-0.3, -0.25) is 4.99 Å². The van der Waals surface area contributed by atoms with Gasteiger partial charge in [-0.1, -0.05) is 35.4 Å². The van der Waals surface area contributed by atoms with E-state index in [4.69, 9.17) is 9.47 Å². The molecule has 0 bridgehead atoms. The molecule has 0 amide bonds. The van der Waals surface area contributed by atoms with Gasteiger partial charge in [-0.25, -0.2) is 4.98 Å². The summed E-state index contributed by atoms with van der Waals surface area (Å²) < 4.78 is 10.4. The molecule has 0 radical (unpaired) electrons. The third-order valence-electron chi connectivity index (χ3n) is 4.01. The van der Waals surface area contributed by atoms with Gasteiger partial charge < -0.3 is 20.1 Å². The van der Waals surface area contributed by atoms with Crippen LogP contribution >= 0.6 is 24.0 Å². The van der Waals surface area contributed by atoms with Gasteiger partial charge in [0, 0.05) is 39.5 Å². The molecule has 0 aliphatic heterocycles. The molecule has 0 spiro atoms. The molecule has 1 heterocycles. The minimum atomic E-state index is 0. The first-order valence-electron chi connectivity index (χ1n) is 9.19. The molecule has 2 aromatic rings. The zero-order chi connectivity index (χ0) is 19.5. The number of guanidine groups is 1. The number of pyridine rings is 1. The maximum Gasteiger partial charge on any atom is 0.213 e. The van der Waals surface area contributed by atoms with Crippen LogP contribution in [0.15, 0.2) is 41.5 Å². The van der Waals surface area contributed by atoms with Crippen LogP contribution in [0.4, 0.5) is 0 Å². The number of aliphatic imine (C=N–C) groups is 1. The molecule has 6 nitrogen and oxygen atoms in total. The van der Waals surface area contributed by atoms with Gasteiger partial charge in [-0.05, 0) is 31.4 Å². The molecular formula is C21H31IN4O2. The van der Waals surface area contributed by atoms with Crippen molar-refractivity contribution in [1.82, 2.24) is 15.6 Å². The minimum Gasteiger partial charge on any atom is -0.475 e. The van der Waals surface area contributed by atoms with E-state index in [2.05, 4.69) is 52.7 Å². The molecule has 0 saturated heterocycles. The van der Waals surface area contributed by atoms with E-state index in [0.717, 1.165) is 24.5 Å². The zero-order valence-electron chi connectivity index (χ0n) is 17.1. The van der Waals surface area contributed by atoms with E-state index in [1.54, 1.807) is 20.4 Å². The number of methoxy groups -OCH3 is 1. The Hall–Kier alpha value is -1.87. The molecule has 2 N–H and O–H groups in total. The van der Waals surface area contributed by atoms with Crippen molar-refractivity contribution in [1.29, 1.82) is 0 Å². The van der Waals surface area contributed by atoms with Crippen molar-refractivity contribution in [2.24, 2.45) is 4.99 Å². The lowest BCUT2D eigenvalue weighted by atomic mass is 10.1. The van der Waals surface area contributed by atoms with E-state index in [-0.39, 0.29) is 24.0 Å². The van der Waals surface area contributed by atoms with Gasteiger partial charge in [0.15, 0.2) is 5.96 Å². The largest absolute Gasteiger partial charge is 0.475 e. The lowest BCUT2D eigenvalue weighted by Gasteiger charge is -2.12. The summed E-state index contributed by atoms with van der Waals surface area (Å²) in [5, 5.41) is 6.66. The Labute approximate surface area is 185 Å². The van der Waals surface area contributed by atoms with Crippen LogP contribution in [0.3, 0.4) is 0 Å². The number of nitrogens with zero attached hydrogens (tertiary/aromatic N) is 2. The zero-order valence-corrected chi connectivity index (χ0v) is 19.4. The molecule has 28 heavy (non-hydrogen) atoms. The molecule has 7 heteroatoms. The molecular weight excluding hydrogens is 467 g/mol. The van der Waals surface area contributed by atoms with Crippen LogP contribution in [-0.2, 0) is 17.7 Å². The second-order valence-electron chi connectivity index (χ2n) is 6.44. The molecule has 154 valence electrons. The molecule has 1 aromatic heterocycles. The normalized spacial score (nSPS) is 10.9. The van der Waals surface area contributed by atoms with Crippen molar-refractivity contribution in [2.45, 2.75) is 26.8 Å². The van der Waals surface area contributed by atoms with E-state index >= 15 is 0 Å². The summed E-state index contributed by atoms with van der Waals surface area (Å²) in [6, 6.07) is 10.5. The number of halogens is 1. The fraction of sp³-hybridized carbons (Fsp3) is 0.429. The predicted molar refractivity (Wildman–Crippen MR) is 125 cm³/mol. The Kier molecular flexibility index (Phi) is 11.5. The van der Waals surface area contributed by atoms with Crippen molar-refractivity contribution >= 4 is 29.9 Å². The molecule has 1 aromatic carbocycles. The number of aromatic nitrogens is 1. The molecule has 0 aliphatic rings. The molecule has 0 atom stereocenters. The van der Waals surface area contributed by atoms with Crippen LogP contribution in [0.25, 0.3) is 0 Å². The van der Waals surface area contributed by atoms with Crippen LogP contribution in [0, 0.1) is 13.8 Å². The molecule has 2 rings (SSSR count).